The van der Waals surface area contributed by atoms with Gasteiger partial charge in [0.15, 0.2) is 6.29 Å². The number of hydrogen-bond donors (Lipinski definition) is 7. The fourth-order valence-electron chi connectivity index (χ4n) is 5.81. The second-order valence-electron chi connectivity index (χ2n) is 13.6. The van der Waals surface area contributed by atoms with Crippen LogP contribution in [0.2, 0.25) is 0 Å². The van der Waals surface area contributed by atoms with Crippen molar-refractivity contribution in [1.82, 2.24) is 5.32 Å². The molecule has 7 N–H and O–H groups in total. The van der Waals surface area contributed by atoms with E-state index in [1.165, 1.54) is 57.4 Å². The quantitative estimate of drug-likeness (QED) is 0.0284. The number of hydrogen-bond acceptors (Lipinski definition) is 11. The summed E-state index contributed by atoms with van der Waals surface area (Å²) in [5.74, 6) is -0.727. The van der Waals surface area contributed by atoms with Crippen molar-refractivity contribution in [3.63, 3.8) is 0 Å². The summed E-state index contributed by atoms with van der Waals surface area (Å²) in [4.78, 5) is 13.0. The molecule has 1 aliphatic rings. The molecule has 0 bridgehead atoms. The molecule has 13 nitrogen and oxygen atoms in total. The predicted molar refractivity (Wildman–Crippen MR) is 201 cm³/mol. The number of carbonyl (C=O) groups is 1. The minimum atomic E-state index is -5.12. The third kappa shape index (κ3) is 22.5. The van der Waals surface area contributed by atoms with Crippen LogP contribution < -0.4 is 5.32 Å². The molecule has 1 fully saturated rings. The SMILES string of the molecule is CCCC/C=C\CCCCCCC(O)C(=O)NC(COC1OC(CO)C(O)C(OS(=O)(=O)O)C1O)C(O)/C=C/CC/C=C/CCCCCCCCC. The van der Waals surface area contributed by atoms with Crippen LogP contribution in [-0.2, 0) is 28.9 Å². The molecule has 1 saturated heterocycles. The normalized spacial score (nSPS) is 23.1. The molecule has 1 heterocycles. The Morgan fingerprint density at radius 3 is 1.90 bits per heavy atom. The molecule has 1 aliphatic heterocycles. The van der Waals surface area contributed by atoms with Crippen LogP contribution in [0, 0.1) is 0 Å². The van der Waals surface area contributed by atoms with Crippen molar-refractivity contribution in [2.24, 2.45) is 0 Å². The Morgan fingerprint density at radius 1 is 0.769 bits per heavy atom. The lowest BCUT2D eigenvalue weighted by molar-refractivity contribution is -0.298. The zero-order valence-electron chi connectivity index (χ0n) is 31.5. The first kappa shape index (κ1) is 48.3. The third-order valence-electron chi connectivity index (χ3n) is 9.00. The minimum Gasteiger partial charge on any atom is -0.394 e. The van der Waals surface area contributed by atoms with E-state index in [0.717, 1.165) is 51.4 Å². The van der Waals surface area contributed by atoms with Gasteiger partial charge in [0, 0.05) is 0 Å². The maximum Gasteiger partial charge on any atom is 0.397 e. The van der Waals surface area contributed by atoms with E-state index >= 15 is 0 Å². The van der Waals surface area contributed by atoms with Gasteiger partial charge >= 0.3 is 10.4 Å². The molecule has 8 atom stereocenters. The summed E-state index contributed by atoms with van der Waals surface area (Å²) in [6, 6.07) is -1.14. The number of rotatable bonds is 31. The average molecular weight is 764 g/mol. The number of nitrogens with one attached hydrogen (secondary N) is 1. The second kappa shape index (κ2) is 29.6. The van der Waals surface area contributed by atoms with Gasteiger partial charge in [0.05, 0.1) is 25.4 Å². The Kier molecular flexibility index (Phi) is 27.5. The Labute approximate surface area is 312 Å². The molecule has 0 aromatic rings. The van der Waals surface area contributed by atoms with Crippen LogP contribution in [0.1, 0.15) is 136 Å². The number of carbonyl (C=O) groups excluding carboxylic acids is 1. The minimum absolute atomic E-state index is 0.220. The number of aliphatic hydroxyl groups is 5. The maximum absolute atomic E-state index is 13.0. The van der Waals surface area contributed by atoms with Crippen LogP contribution in [0.25, 0.3) is 0 Å². The first-order valence-corrected chi connectivity index (χ1v) is 20.8. The summed E-state index contributed by atoms with van der Waals surface area (Å²) < 4.78 is 47.2. The lowest BCUT2D eigenvalue weighted by Crippen LogP contribution is -2.61. The summed E-state index contributed by atoms with van der Waals surface area (Å²) in [7, 11) is -5.12. The molecule has 52 heavy (non-hydrogen) atoms. The van der Waals surface area contributed by atoms with Crippen molar-refractivity contribution < 1.29 is 57.0 Å². The summed E-state index contributed by atoms with van der Waals surface area (Å²) in [6.45, 7) is 3.08. The molecule has 0 aromatic heterocycles. The van der Waals surface area contributed by atoms with Crippen LogP contribution in [0.4, 0.5) is 0 Å². The Hall–Kier alpha value is -1.72. The lowest BCUT2D eigenvalue weighted by atomic mass is 9.99. The van der Waals surface area contributed by atoms with Gasteiger partial charge in [-0.05, 0) is 51.4 Å². The number of allylic oxidation sites excluding steroid dienone is 5. The zero-order chi connectivity index (χ0) is 38.6. The van der Waals surface area contributed by atoms with E-state index in [9.17, 15) is 38.7 Å². The lowest BCUT2D eigenvalue weighted by Gasteiger charge is -2.41. The van der Waals surface area contributed by atoms with E-state index in [1.54, 1.807) is 6.08 Å². The molecule has 1 amide bonds. The topological polar surface area (TPSA) is 212 Å². The van der Waals surface area contributed by atoms with Crippen molar-refractivity contribution in [3.05, 3.63) is 36.5 Å². The number of unbranched alkanes of at least 4 members (excludes halogenated alkanes) is 14. The Balaban J connectivity index is 2.76. The predicted octanol–water partition coefficient (Wildman–Crippen LogP) is 4.96. The van der Waals surface area contributed by atoms with Gasteiger partial charge in [0.25, 0.3) is 0 Å². The van der Waals surface area contributed by atoms with Crippen molar-refractivity contribution in [2.45, 2.75) is 185 Å². The summed E-state index contributed by atoms with van der Waals surface area (Å²) in [5, 5.41) is 54.8. The molecular formula is C38H69NO12S. The van der Waals surface area contributed by atoms with Gasteiger partial charge in [-0.15, -0.1) is 0 Å². The molecule has 0 radical (unpaired) electrons. The molecule has 0 aromatic carbocycles. The number of aliphatic hydroxyl groups excluding tert-OH is 5. The van der Waals surface area contributed by atoms with E-state index in [2.05, 4.69) is 47.7 Å². The average Bonchev–Trinajstić information content (AvgIpc) is 3.11. The highest BCUT2D eigenvalue weighted by molar-refractivity contribution is 7.80. The number of amides is 1. The molecule has 1 rings (SSSR count). The molecular weight excluding hydrogens is 694 g/mol. The standard InChI is InChI=1S/C38H69NO12S/c1-3-5-7-9-11-13-15-16-17-19-20-22-24-26-31(41)30(39-37(45)32(42)27-25-23-21-18-14-12-10-8-6-4-2)29-49-38-35(44)36(51-52(46,47)48)34(43)33(28-40)50-38/h10,12,17,19,24,26,30-36,38,40-44H,3-9,11,13-16,18,20-23,25,27-29H2,1-2H3,(H,39,45)(H,46,47,48)/b12-10-,19-17+,26-24+. The van der Waals surface area contributed by atoms with E-state index in [4.69, 9.17) is 14.0 Å². The van der Waals surface area contributed by atoms with Gasteiger partial charge in [-0.1, -0.05) is 121 Å². The summed E-state index contributed by atoms with van der Waals surface area (Å²) >= 11 is 0. The van der Waals surface area contributed by atoms with Crippen molar-refractivity contribution >= 4 is 16.3 Å². The van der Waals surface area contributed by atoms with E-state index in [-0.39, 0.29) is 6.42 Å². The zero-order valence-corrected chi connectivity index (χ0v) is 32.3. The van der Waals surface area contributed by atoms with Crippen molar-refractivity contribution in [3.8, 4) is 0 Å². The molecule has 14 heteroatoms. The molecule has 0 spiro atoms. The van der Waals surface area contributed by atoms with Gasteiger partial charge < -0.3 is 40.3 Å². The molecule has 304 valence electrons. The Morgan fingerprint density at radius 2 is 1.31 bits per heavy atom. The van der Waals surface area contributed by atoms with Gasteiger partial charge in [0.2, 0.25) is 5.91 Å². The van der Waals surface area contributed by atoms with Crippen molar-refractivity contribution in [1.29, 1.82) is 0 Å². The fraction of sp³-hybridized carbons (Fsp3) is 0.816. The van der Waals surface area contributed by atoms with Gasteiger partial charge in [-0.3, -0.25) is 9.35 Å². The molecule has 8 unspecified atom stereocenters. The summed E-state index contributed by atoms with van der Waals surface area (Å²) in [6.07, 6.45) is 19.7. The second-order valence-corrected chi connectivity index (χ2v) is 14.7. The monoisotopic (exact) mass is 763 g/mol. The maximum atomic E-state index is 13.0. The largest absolute Gasteiger partial charge is 0.397 e. The highest BCUT2D eigenvalue weighted by Gasteiger charge is 2.48. The third-order valence-corrected chi connectivity index (χ3v) is 9.47. The van der Waals surface area contributed by atoms with Crippen LogP contribution in [-0.4, -0.2) is 107 Å². The van der Waals surface area contributed by atoms with Crippen LogP contribution in [0.3, 0.4) is 0 Å². The van der Waals surface area contributed by atoms with Gasteiger partial charge in [0.1, 0.15) is 30.5 Å². The highest BCUT2D eigenvalue weighted by Crippen LogP contribution is 2.26. The van der Waals surface area contributed by atoms with Crippen LogP contribution in [0.5, 0.6) is 0 Å². The highest BCUT2D eigenvalue weighted by atomic mass is 32.3. The van der Waals surface area contributed by atoms with Crippen LogP contribution in [0.15, 0.2) is 36.5 Å². The fourth-order valence-corrected chi connectivity index (χ4v) is 6.32. The van der Waals surface area contributed by atoms with E-state index < -0.39 is 78.5 Å². The van der Waals surface area contributed by atoms with Gasteiger partial charge in [-0.2, -0.15) is 8.42 Å². The molecule has 0 saturated carbocycles. The first-order valence-electron chi connectivity index (χ1n) is 19.5. The smallest absolute Gasteiger partial charge is 0.394 e. The number of ether oxygens (including phenoxy) is 2. The van der Waals surface area contributed by atoms with Crippen molar-refractivity contribution in [2.75, 3.05) is 13.2 Å². The van der Waals surface area contributed by atoms with Crippen LogP contribution >= 0.6 is 0 Å². The van der Waals surface area contributed by atoms with Gasteiger partial charge in [-0.25, -0.2) is 4.18 Å². The summed E-state index contributed by atoms with van der Waals surface area (Å²) in [5.41, 5.74) is 0. The molecule has 0 aliphatic carbocycles. The Bertz CT molecular complexity index is 1100. The first-order chi connectivity index (χ1) is 24.9. The van der Waals surface area contributed by atoms with E-state index in [1.807, 2.05) is 0 Å². The van der Waals surface area contributed by atoms with E-state index in [0.29, 0.717) is 12.8 Å².